The Morgan fingerprint density at radius 1 is 1.42 bits per heavy atom. The van der Waals surface area contributed by atoms with Crippen LogP contribution in [0.2, 0.25) is 0 Å². The van der Waals surface area contributed by atoms with E-state index >= 15 is 0 Å². The molecule has 0 radical (unpaired) electrons. The molecule has 0 saturated carbocycles. The zero-order chi connectivity index (χ0) is 16.9. The number of aromatic nitrogens is 2. The average Bonchev–Trinajstić information content (AvgIpc) is 3.23. The fourth-order valence-electron chi connectivity index (χ4n) is 2.66. The Kier molecular flexibility index (Phi) is 5.00. The second kappa shape index (κ2) is 7.35. The molecule has 2 heterocycles. The van der Waals surface area contributed by atoms with Crippen LogP contribution in [0.1, 0.15) is 31.6 Å². The molecule has 0 aliphatic carbocycles. The van der Waals surface area contributed by atoms with Gasteiger partial charge in [-0.05, 0) is 24.6 Å². The van der Waals surface area contributed by atoms with Gasteiger partial charge < -0.3 is 24.5 Å². The number of carbonyl (C=O) groups excluding carboxylic acids is 1. The van der Waals surface area contributed by atoms with Crippen molar-refractivity contribution in [2.24, 2.45) is 0 Å². The van der Waals surface area contributed by atoms with Crippen molar-refractivity contribution in [2.45, 2.75) is 25.8 Å². The standard InChI is InChI=1S/C17H21N3O4/c1-3-4-12(19-16(21)9-22-2)17-18-8-13(20-17)11-5-6-14-15(7-11)24-10-23-14/h5-8,12H,3-4,9-10H2,1-2H3,(H,18,20)(H,19,21). The molecule has 0 saturated heterocycles. The van der Waals surface area contributed by atoms with Gasteiger partial charge in [-0.25, -0.2) is 4.98 Å². The number of imidazole rings is 1. The van der Waals surface area contributed by atoms with E-state index in [0.29, 0.717) is 0 Å². The number of nitrogens with zero attached hydrogens (tertiary/aromatic N) is 1. The van der Waals surface area contributed by atoms with Crippen LogP contribution in [0.4, 0.5) is 0 Å². The van der Waals surface area contributed by atoms with Crippen LogP contribution in [0.5, 0.6) is 11.5 Å². The van der Waals surface area contributed by atoms with Crippen LogP contribution in [0, 0.1) is 0 Å². The highest BCUT2D eigenvalue weighted by atomic mass is 16.7. The molecule has 24 heavy (non-hydrogen) atoms. The fourth-order valence-corrected chi connectivity index (χ4v) is 2.66. The van der Waals surface area contributed by atoms with Crippen molar-refractivity contribution in [3.05, 3.63) is 30.2 Å². The normalized spacial score (nSPS) is 13.8. The number of H-pyrrole nitrogens is 1. The Morgan fingerprint density at radius 3 is 3.04 bits per heavy atom. The predicted molar refractivity (Wildman–Crippen MR) is 87.8 cm³/mol. The zero-order valence-electron chi connectivity index (χ0n) is 13.8. The van der Waals surface area contributed by atoms with Gasteiger partial charge in [0.2, 0.25) is 12.7 Å². The van der Waals surface area contributed by atoms with Gasteiger partial charge in [-0.15, -0.1) is 0 Å². The lowest BCUT2D eigenvalue weighted by Crippen LogP contribution is -2.32. The van der Waals surface area contributed by atoms with Crippen LogP contribution in [0.25, 0.3) is 11.3 Å². The summed E-state index contributed by atoms with van der Waals surface area (Å²) >= 11 is 0. The van der Waals surface area contributed by atoms with E-state index in [2.05, 4.69) is 22.2 Å². The van der Waals surface area contributed by atoms with E-state index in [1.807, 2.05) is 18.2 Å². The molecule has 2 aromatic rings. The maximum atomic E-state index is 11.8. The minimum atomic E-state index is -0.166. The van der Waals surface area contributed by atoms with E-state index in [4.69, 9.17) is 14.2 Å². The smallest absolute Gasteiger partial charge is 0.246 e. The second-order valence-electron chi connectivity index (χ2n) is 5.59. The molecule has 0 bridgehead atoms. The minimum Gasteiger partial charge on any atom is -0.454 e. The van der Waals surface area contributed by atoms with Gasteiger partial charge in [-0.2, -0.15) is 0 Å². The number of fused-ring (bicyclic) bond motifs is 1. The van der Waals surface area contributed by atoms with Crippen molar-refractivity contribution in [2.75, 3.05) is 20.5 Å². The van der Waals surface area contributed by atoms with Gasteiger partial charge in [0.1, 0.15) is 12.4 Å². The lowest BCUT2D eigenvalue weighted by Gasteiger charge is -2.15. The molecule has 1 amide bonds. The van der Waals surface area contributed by atoms with Crippen molar-refractivity contribution in [3.63, 3.8) is 0 Å². The quantitative estimate of drug-likeness (QED) is 0.814. The van der Waals surface area contributed by atoms with Crippen LogP contribution in [-0.2, 0) is 9.53 Å². The minimum absolute atomic E-state index is 0.0376. The highest BCUT2D eigenvalue weighted by molar-refractivity contribution is 5.77. The molecule has 3 rings (SSSR count). The largest absolute Gasteiger partial charge is 0.454 e. The first-order chi connectivity index (χ1) is 11.7. The Hall–Kier alpha value is -2.54. The van der Waals surface area contributed by atoms with Gasteiger partial charge in [0.15, 0.2) is 11.5 Å². The van der Waals surface area contributed by atoms with E-state index in [0.717, 1.165) is 41.4 Å². The van der Waals surface area contributed by atoms with Crippen molar-refractivity contribution >= 4 is 5.91 Å². The Balaban J connectivity index is 1.78. The van der Waals surface area contributed by atoms with Crippen LogP contribution in [0.15, 0.2) is 24.4 Å². The summed E-state index contributed by atoms with van der Waals surface area (Å²) < 4.78 is 15.6. The zero-order valence-corrected chi connectivity index (χ0v) is 13.8. The molecule has 0 fully saturated rings. The first-order valence-corrected chi connectivity index (χ1v) is 7.94. The van der Waals surface area contributed by atoms with Crippen LogP contribution in [-0.4, -0.2) is 36.4 Å². The number of hydrogen-bond acceptors (Lipinski definition) is 5. The number of rotatable bonds is 7. The molecular weight excluding hydrogens is 310 g/mol. The van der Waals surface area contributed by atoms with E-state index in [-0.39, 0.29) is 25.3 Å². The molecule has 1 unspecified atom stereocenters. The SMILES string of the molecule is CCCC(NC(=O)COC)c1ncc(-c2ccc3c(c2)OCO3)[nH]1. The molecule has 1 atom stereocenters. The van der Waals surface area contributed by atoms with Crippen molar-refractivity contribution < 1.29 is 19.0 Å². The van der Waals surface area contributed by atoms with Gasteiger partial charge in [0.25, 0.3) is 0 Å². The van der Waals surface area contributed by atoms with Crippen LogP contribution >= 0.6 is 0 Å². The molecule has 7 heteroatoms. The maximum Gasteiger partial charge on any atom is 0.246 e. The van der Waals surface area contributed by atoms with Crippen LogP contribution in [0.3, 0.4) is 0 Å². The number of benzene rings is 1. The summed E-state index contributed by atoms with van der Waals surface area (Å²) in [5, 5.41) is 2.94. The molecule has 1 aromatic carbocycles. The summed E-state index contributed by atoms with van der Waals surface area (Å²) in [7, 11) is 1.50. The molecular formula is C17H21N3O4. The predicted octanol–water partition coefficient (Wildman–Crippen LogP) is 2.41. The Bertz CT molecular complexity index is 714. The highest BCUT2D eigenvalue weighted by Crippen LogP contribution is 2.35. The van der Waals surface area contributed by atoms with Crippen molar-refractivity contribution in [3.8, 4) is 22.8 Å². The third-order valence-corrected chi connectivity index (χ3v) is 3.80. The monoisotopic (exact) mass is 331 g/mol. The number of carbonyl (C=O) groups is 1. The molecule has 7 nitrogen and oxygen atoms in total. The Morgan fingerprint density at radius 2 is 2.25 bits per heavy atom. The highest BCUT2D eigenvalue weighted by Gasteiger charge is 2.19. The first kappa shape index (κ1) is 16.3. The van der Waals surface area contributed by atoms with Gasteiger partial charge in [0, 0.05) is 12.7 Å². The summed E-state index contributed by atoms with van der Waals surface area (Å²) in [5.74, 6) is 2.04. The van der Waals surface area contributed by atoms with Gasteiger partial charge in [-0.3, -0.25) is 4.79 Å². The summed E-state index contributed by atoms with van der Waals surface area (Å²) in [5.41, 5.74) is 1.82. The third kappa shape index (κ3) is 3.51. The van der Waals surface area contributed by atoms with Gasteiger partial charge >= 0.3 is 0 Å². The molecule has 2 N–H and O–H groups in total. The van der Waals surface area contributed by atoms with Crippen molar-refractivity contribution in [1.29, 1.82) is 0 Å². The van der Waals surface area contributed by atoms with Crippen molar-refractivity contribution in [1.82, 2.24) is 15.3 Å². The van der Waals surface area contributed by atoms with E-state index in [9.17, 15) is 4.79 Å². The number of hydrogen-bond donors (Lipinski definition) is 2. The van der Waals surface area contributed by atoms with E-state index in [1.165, 1.54) is 7.11 Å². The summed E-state index contributed by atoms with van der Waals surface area (Å²) in [6.07, 6.45) is 3.49. The van der Waals surface area contributed by atoms with Gasteiger partial charge in [-0.1, -0.05) is 13.3 Å². The molecule has 1 aliphatic heterocycles. The number of amides is 1. The van der Waals surface area contributed by atoms with Crippen LogP contribution < -0.4 is 14.8 Å². The molecule has 0 spiro atoms. The lowest BCUT2D eigenvalue weighted by atomic mass is 10.1. The Labute approximate surface area is 140 Å². The third-order valence-electron chi connectivity index (χ3n) is 3.80. The number of nitrogens with one attached hydrogen (secondary N) is 2. The average molecular weight is 331 g/mol. The van der Waals surface area contributed by atoms with E-state index < -0.39 is 0 Å². The summed E-state index contributed by atoms with van der Waals surface area (Å²) in [4.78, 5) is 19.5. The van der Waals surface area contributed by atoms with E-state index in [1.54, 1.807) is 6.20 Å². The lowest BCUT2D eigenvalue weighted by molar-refractivity contribution is -0.125. The number of aromatic amines is 1. The summed E-state index contributed by atoms with van der Waals surface area (Å²) in [6.45, 7) is 2.35. The van der Waals surface area contributed by atoms with Gasteiger partial charge in [0.05, 0.1) is 17.9 Å². The fraction of sp³-hybridized carbons (Fsp3) is 0.412. The summed E-state index contributed by atoms with van der Waals surface area (Å²) in [6, 6.07) is 5.57. The number of ether oxygens (including phenoxy) is 3. The molecule has 128 valence electrons. The second-order valence-corrected chi connectivity index (χ2v) is 5.59. The first-order valence-electron chi connectivity index (χ1n) is 7.94. The number of methoxy groups -OCH3 is 1. The molecule has 1 aliphatic rings. The molecule has 1 aromatic heterocycles. The maximum absolute atomic E-state index is 11.8. The topological polar surface area (TPSA) is 85.5 Å².